The normalized spacial score (nSPS) is 19.3. The maximum Gasteiger partial charge on any atom is 0.357 e. The van der Waals surface area contributed by atoms with Gasteiger partial charge in [0.15, 0.2) is 5.78 Å². The molecule has 1 unspecified atom stereocenters. The quantitative estimate of drug-likeness (QED) is 0.558. The Morgan fingerprint density at radius 2 is 1.78 bits per heavy atom. The van der Waals surface area contributed by atoms with E-state index in [0.717, 1.165) is 5.69 Å². The second kappa shape index (κ2) is 8.02. The highest BCUT2D eigenvalue weighted by Crippen LogP contribution is 2.65. The second-order valence-corrected chi connectivity index (χ2v) is 10.1. The molecule has 0 saturated carbocycles. The number of rotatable bonds is 5. The van der Waals surface area contributed by atoms with Crippen LogP contribution in [-0.4, -0.2) is 20.3 Å². The van der Waals surface area contributed by atoms with Gasteiger partial charge in [0.2, 0.25) is 0 Å². The zero-order chi connectivity index (χ0) is 19.7. The molecule has 8 heteroatoms. The first kappa shape index (κ1) is 20.5. The molecule has 1 aliphatic heterocycles. The van der Waals surface area contributed by atoms with E-state index in [-0.39, 0.29) is 5.41 Å². The summed E-state index contributed by atoms with van der Waals surface area (Å²) in [5.74, 6) is -0.455. The summed E-state index contributed by atoms with van der Waals surface area (Å²) in [5.41, 5.74) is 1.05. The number of nitrogens with one attached hydrogen (secondary N) is 1. The topological polar surface area (TPSA) is 56.8 Å². The summed E-state index contributed by atoms with van der Waals surface area (Å²) in [7, 11) is -2.08. The molecule has 1 saturated heterocycles. The molecule has 1 heterocycles. The van der Waals surface area contributed by atoms with Crippen LogP contribution in [0.4, 0.5) is 5.69 Å². The molecule has 1 aliphatic rings. The van der Waals surface area contributed by atoms with Crippen molar-refractivity contribution in [3.05, 3.63) is 58.1 Å². The number of methoxy groups -OCH3 is 1. The van der Waals surface area contributed by atoms with Crippen LogP contribution in [0, 0.1) is 5.41 Å². The van der Waals surface area contributed by atoms with Gasteiger partial charge in [0.25, 0.3) is 0 Å². The highest BCUT2D eigenvalue weighted by atomic mass is 35.5. The van der Waals surface area contributed by atoms with Crippen LogP contribution in [0.2, 0.25) is 10.0 Å². The summed E-state index contributed by atoms with van der Waals surface area (Å²) in [5, 5.41) is 3.98. The van der Waals surface area contributed by atoms with Gasteiger partial charge in [-0.1, -0.05) is 55.2 Å². The van der Waals surface area contributed by atoms with Crippen LogP contribution in [0.3, 0.4) is 0 Å². The second-order valence-electron chi connectivity index (χ2n) is 7.17. The summed E-state index contributed by atoms with van der Waals surface area (Å²) in [6, 6.07) is 12.6. The fourth-order valence-electron chi connectivity index (χ4n) is 2.78. The smallest absolute Gasteiger partial charge is 0.357 e. The monoisotopic (exact) mass is 429 g/mol. The van der Waals surface area contributed by atoms with Crippen LogP contribution < -0.4 is 10.1 Å². The molecule has 1 fully saturated rings. The summed E-state index contributed by atoms with van der Waals surface area (Å²) in [6.07, 6.45) is 0. The van der Waals surface area contributed by atoms with Crippen molar-refractivity contribution in [3.8, 4) is 5.75 Å². The zero-order valence-corrected chi connectivity index (χ0v) is 17.8. The molecule has 0 spiro atoms. The van der Waals surface area contributed by atoms with Gasteiger partial charge < -0.3 is 19.1 Å². The average molecular weight is 430 g/mol. The molecular formula is C19H22Cl2NO4P. The van der Waals surface area contributed by atoms with Gasteiger partial charge in [-0.15, -0.1) is 0 Å². The van der Waals surface area contributed by atoms with Gasteiger partial charge in [0.05, 0.1) is 25.3 Å². The highest BCUT2D eigenvalue weighted by Gasteiger charge is 2.45. The van der Waals surface area contributed by atoms with Gasteiger partial charge in [-0.2, -0.15) is 0 Å². The molecule has 0 aromatic heterocycles. The Hall–Kier alpha value is -1.23. The van der Waals surface area contributed by atoms with Gasteiger partial charge >= 0.3 is 7.60 Å². The third-order valence-corrected chi connectivity index (χ3v) is 6.72. The first-order valence-electron chi connectivity index (χ1n) is 8.47. The molecule has 27 heavy (non-hydrogen) atoms. The molecule has 3 rings (SSSR count). The van der Waals surface area contributed by atoms with Gasteiger partial charge in [0.1, 0.15) is 5.75 Å². The van der Waals surface area contributed by atoms with Crippen molar-refractivity contribution < 1.29 is 18.3 Å². The number of hydrogen-bond donors (Lipinski definition) is 1. The first-order chi connectivity index (χ1) is 12.7. The lowest BCUT2D eigenvalue weighted by Crippen LogP contribution is -2.32. The number of benzene rings is 2. The van der Waals surface area contributed by atoms with Gasteiger partial charge in [-0.3, -0.25) is 4.57 Å². The molecule has 2 aromatic rings. The van der Waals surface area contributed by atoms with Crippen LogP contribution in [0.25, 0.3) is 0 Å². The summed E-state index contributed by atoms with van der Waals surface area (Å²) in [6.45, 7) is 4.61. The fourth-order valence-corrected chi connectivity index (χ4v) is 5.63. The predicted octanol–water partition coefficient (Wildman–Crippen LogP) is 6.38. The Labute approximate surface area is 169 Å². The predicted molar refractivity (Wildman–Crippen MR) is 109 cm³/mol. The standard InChI is InChI=1S/C19H22Cl2NO4P/c1-19(2)11-25-27(23,26-12-19)18(22-14-7-5-4-6-8-14)15-9-13(20)10-16(21)17(15)24-3/h4-10,18,22H,11-12H2,1-3H3. The Morgan fingerprint density at radius 1 is 1.15 bits per heavy atom. The van der Waals surface area contributed by atoms with Crippen LogP contribution in [0.5, 0.6) is 5.75 Å². The van der Waals surface area contributed by atoms with E-state index >= 15 is 0 Å². The Bertz CT molecular complexity index is 846. The van der Waals surface area contributed by atoms with E-state index in [1.165, 1.54) is 7.11 Å². The summed E-state index contributed by atoms with van der Waals surface area (Å²) < 4.78 is 30.7. The number of hydrogen-bond acceptors (Lipinski definition) is 5. The minimum atomic E-state index is -3.58. The molecule has 1 atom stereocenters. The van der Waals surface area contributed by atoms with Gasteiger partial charge in [-0.05, 0) is 24.3 Å². The van der Waals surface area contributed by atoms with Crippen molar-refractivity contribution in [1.82, 2.24) is 0 Å². The number of ether oxygens (including phenoxy) is 1. The van der Waals surface area contributed by atoms with Crippen molar-refractivity contribution in [2.24, 2.45) is 5.41 Å². The van der Waals surface area contributed by atoms with Gasteiger partial charge in [0, 0.05) is 21.7 Å². The molecule has 1 N–H and O–H groups in total. The van der Waals surface area contributed by atoms with Crippen LogP contribution in [-0.2, 0) is 13.6 Å². The van der Waals surface area contributed by atoms with Crippen LogP contribution in [0.15, 0.2) is 42.5 Å². The molecule has 5 nitrogen and oxygen atoms in total. The van der Waals surface area contributed by atoms with E-state index in [1.807, 2.05) is 44.2 Å². The van der Waals surface area contributed by atoms with E-state index < -0.39 is 13.4 Å². The Kier molecular flexibility index (Phi) is 6.09. The van der Waals surface area contributed by atoms with Crippen molar-refractivity contribution >= 4 is 36.5 Å². The minimum Gasteiger partial charge on any atom is -0.495 e. The lowest BCUT2D eigenvalue weighted by Gasteiger charge is -2.38. The average Bonchev–Trinajstić information content (AvgIpc) is 2.63. The lowest BCUT2D eigenvalue weighted by atomic mass is 9.97. The third-order valence-electron chi connectivity index (χ3n) is 4.20. The largest absolute Gasteiger partial charge is 0.495 e. The Balaban J connectivity index is 2.08. The Morgan fingerprint density at radius 3 is 2.37 bits per heavy atom. The maximum atomic E-state index is 13.7. The molecular weight excluding hydrogens is 408 g/mol. The van der Waals surface area contributed by atoms with Crippen molar-refractivity contribution in [1.29, 1.82) is 0 Å². The van der Waals surface area contributed by atoms with Crippen molar-refractivity contribution in [3.63, 3.8) is 0 Å². The first-order valence-corrected chi connectivity index (χ1v) is 10.8. The van der Waals surface area contributed by atoms with Crippen LogP contribution >= 0.6 is 30.8 Å². The summed E-state index contributed by atoms with van der Waals surface area (Å²) in [4.78, 5) is 0. The van der Waals surface area contributed by atoms with Crippen LogP contribution in [0.1, 0.15) is 25.2 Å². The zero-order valence-electron chi connectivity index (χ0n) is 15.4. The van der Waals surface area contributed by atoms with E-state index in [2.05, 4.69) is 5.32 Å². The molecule has 0 radical (unpaired) electrons. The van der Waals surface area contributed by atoms with Crippen molar-refractivity contribution in [2.75, 3.05) is 25.6 Å². The van der Waals surface area contributed by atoms with E-state index in [9.17, 15) is 4.57 Å². The molecule has 146 valence electrons. The molecule has 0 aliphatic carbocycles. The van der Waals surface area contributed by atoms with E-state index in [0.29, 0.717) is 34.6 Å². The van der Waals surface area contributed by atoms with Crippen molar-refractivity contribution in [2.45, 2.75) is 19.6 Å². The summed E-state index contributed by atoms with van der Waals surface area (Å²) >= 11 is 12.5. The fraction of sp³-hybridized carbons (Fsp3) is 0.368. The number of anilines is 1. The lowest BCUT2D eigenvalue weighted by molar-refractivity contribution is 0.0387. The molecule has 2 aromatic carbocycles. The highest BCUT2D eigenvalue weighted by molar-refractivity contribution is 7.54. The molecule has 0 amide bonds. The molecule has 0 bridgehead atoms. The number of halogens is 2. The SMILES string of the molecule is COc1c(Cl)cc(Cl)cc1C(Nc1ccccc1)P1(=O)OCC(C)(C)CO1. The van der Waals surface area contributed by atoms with E-state index in [4.69, 9.17) is 37.0 Å². The van der Waals surface area contributed by atoms with E-state index in [1.54, 1.807) is 12.1 Å². The number of para-hydroxylation sites is 1. The third kappa shape index (κ3) is 4.61. The maximum absolute atomic E-state index is 13.7. The minimum absolute atomic E-state index is 0.221. The van der Waals surface area contributed by atoms with Gasteiger partial charge in [-0.25, -0.2) is 0 Å².